The van der Waals surface area contributed by atoms with E-state index in [9.17, 15) is 0 Å². The lowest BCUT2D eigenvalue weighted by atomic mass is 10.1. The molecule has 1 heterocycles. The first kappa shape index (κ1) is 16.9. The lowest BCUT2D eigenvalue weighted by Gasteiger charge is -2.31. The maximum Gasteiger partial charge on any atom is 0.131 e. The summed E-state index contributed by atoms with van der Waals surface area (Å²) in [6.45, 7) is 15.8. The highest BCUT2D eigenvalue weighted by Gasteiger charge is 2.17. The van der Waals surface area contributed by atoms with E-state index in [0.29, 0.717) is 12.0 Å². The van der Waals surface area contributed by atoms with Gasteiger partial charge in [-0.2, -0.15) is 0 Å². The van der Waals surface area contributed by atoms with Crippen LogP contribution < -0.4 is 10.2 Å². The van der Waals surface area contributed by atoms with Crippen LogP contribution in [-0.4, -0.2) is 29.1 Å². The second kappa shape index (κ2) is 8.20. The monoisotopic (exact) mass is 278 g/mol. The van der Waals surface area contributed by atoms with Crippen molar-refractivity contribution >= 4 is 5.69 Å². The standard InChI is InChI=1S/C16H30N4/c1-7-13(6)20(9-3)15-11-18-16(12(4)5)19-14(15)10-17-8-2/h11-13,17H,7-10H2,1-6H3. The lowest BCUT2D eigenvalue weighted by molar-refractivity contribution is 0.613. The predicted octanol–water partition coefficient (Wildman–Crippen LogP) is 3.33. The first-order valence-corrected chi connectivity index (χ1v) is 7.88. The van der Waals surface area contributed by atoms with E-state index < -0.39 is 0 Å². The smallest absolute Gasteiger partial charge is 0.131 e. The number of hydrogen-bond donors (Lipinski definition) is 1. The third kappa shape index (κ3) is 4.17. The molecular formula is C16H30N4. The molecule has 0 aromatic carbocycles. The molecule has 1 unspecified atom stereocenters. The van der Waals surface area contributed by atoms with E-state index >= 15 is 0 Å². The van der Waals surface area contributed by atoms with E-state index in [1.807, 2.05) is 6.20 Å². The Labute approximate surface area is 124 Å². The fourth-order valence-electron chi connectivity index (χ4n) is 2.26. The van der Waals surface area contributed by atoms with Crippen molar-refractivity contribution in [1.82, 2.24) is 15.3 Å². The zero-order valence-electron chi connectivity index (χ0n) is 13.9. The van der Waals surface area contributed by atoms with Crippen LogP contribution in [0.15, 0.2) is 6.20 Å². The fraction of sp³-hybridized carbons (Fsp3) is 0.750. The van der Waals surface area contributed by atoms with E-state index in [1.165, 1.54) is 5.69 Å². The molecule has 0 aliphatic carbocycles. The number of nitrogens with one attached hydrogen (secondary N) is 1. The molecule has 1 atom stereocenters. The SMILES string of the molecule is CCNCc1nc(C(C)C)ncc1N(CC)C(C)CC. The maximum absolute atomic E-state index is 4.78. The van der Waals surface area contributed by atoms with Crippen LogP contribution in [0.1, 0.15) is 65.4 Å². The predicted molar refractivity (Wildman–Crippen MR) is 86.3 cm³/mol. The molecule has 114 valence electrons. The maximum atomic E-state index is 4.78. The van der Waals surface area contributed by atoms with Crippen LogP contribution in [-0.2, 0) is 6.54 Å². The van der Waals surface area contributed by atoms with Crippen molar-refractivity contribution in [2.24, 2.45) is 0 Å². The minimum atomic E-state index is 0.364. The van der Waals surface area contributed by atoms with Crippen molar-refractivity contribution in [3.05, 3.63) is 17.7 Å². The molecule has 0 bridgehead atoms. The summed E-state index contributed by atoms with van der Waals surface area (Å²) < 4.78 is 0. The summed E-state index contributed by atoms with van der Waals surface area (Å²) in [6.07, 6.45) is 3.13. The van der Waals surface area contributed by atoms with Crippen molar-refractivity contribution in [3.63, 3.8) is 0 Å². The normalized spacial score (nSPS) is 12.8. The Hall–Kier alpha value is -1.16. The van der Waals surface area contributed by atoms with Crippen LogP contribution in [0, 0.1) is 0 Å². The average molecular weight is 278 g/mol. The van der Waals surface area contributed by atoms with Crippen LogP contribution in [0.5, 0.6) is 0 Å². The topological polar surface area (TPSA) is 41.1 Å². The van der Waals surface area contributed by atoms with Gasteiger partial charge in [-0.1, -0.05) is 27.7 Å². The van der Waals surface area contributed by atoms with Crippen LogP contribution in [0.3, 0.4) is 0 Å². The summed E-state index contributed by atoms with van der Waals surface area (Å²) in [5, 5.41) is 3.39. The fourth-order valence-corrected chi connectivity index (χ4v) is 2.26. The Morgan fingerprint density at radius 1 is 1.20 bits per heavy atom. The lowest BCUT2D eigenvalue weighted by Crippen LogP contribution is -2.34. The molecule has 0 amide bonds. The number of anilines is 1. The minimum absolute atomic E-state index is 0.364. The second-order valence-electron chi connectivity index (χ2n) is 5.54. The van der Waals surface area contributed by atoms with Crippen molar-refractivity contribution < 1.29 is 0 Å². The van der Waals surface area contributed by atoms with Gasteiger partial charge in [0.15, 0.2) is 0 Å². The van der Waals surface area contributed by atoms with E-state index in [4.69, 9.17) is 4.98 Å². The number of rotatable bonds is 8. The van der Waals surface area contributed by atoms with Gasteiger partial charge in [0, 0.05) is 25.0 Å². The summed E-state index contributed by atoms with van der Waals surface area (Å²) in [5.41, 5.74) is 2.29. The molecule has 0 saturated heterocycles. The van der Waals surface area contributed by atoms with E-state index in [2.05, 4.69) is 56.7 Å². The van der Waals surface area contributed by atoms with E-state index in [1.54, 1.807) is 0 Å². The highest BCUT2D eigenvalue weighted by Crippen LogP contribution is 2.23. The Kier molecular flexibility index (Phi) is 6.93. The van der Waals surface area contributed by atoms with Gasteiger partial charge in [0.1, 0.15) is 5.82 Å². The number of nitrogens with zero attached hydrogens (tertiary/aromatic N) is 3. The van der Waals surface area contributed by atoms with Crippen LogP contribution in [0.2, 0.25) is 0 Å². The van der Waals surface area contributed by atoms with Crippen molar-refractivity contribution in [1.29, 1.82) is 0 Å². The van der Waals surface area contributed by atoms with Crippen LogP contribution in [0.4, 0.5) is 5.69 Å². The summed E-state index contributed by atoms with van der Waals surface area (Å²) in [7, 11) is 0. The molecule has 0 aliphatic heterocycles. The van der Waals surface area contributed by atoms with E-state index in [-0.39, 0.29) is 0 Å². The van der Waals surface area contributed by atoms with Crippen LogP contribution in [0.25, 0.3) is 0 Å². The minimum Gasteiger partial charge on any atom is -0.366 e. The summed E-state index contributed by atoms with van der Waals surface area (Å²) in [4.78, 5) is 11.7. The molecule has 0 radical (unpaired) electrons. The first-order chi connectivity index (χ1) is 9.54. The molecule has 4 nitrogen and oxygen atoms in total. The van der Waals surface area contributed by atoms with Crippen molar-refractivity contribution in [2.45, 2.75) is 66.5 Å². The number of hydrogen-bond acceptors (Lipinski definition) is 4. The highest BCUT2D eigenvalue weighted by atomic mass is 15.2. The first-order valence-electron chi connectivity index (χ1n) is 7.88. The molecule has 1 rings (SSSR count). The summed E-state index contributed by atoms with van der Waals surface area (Å²) in [5.74, 6) is 1.30. The highest BCUT2D eigenvalue weighted by molar-refractivity contribution is 5.50. The van der Waals surface area contributed by atoms with Gasteiger partial charge in [0.2, 0.25) is 0 Å². The van der Waals surface area contributed by atoms with Crippen molar-refractivity contribution in [2.75, 3.05) is 18.0 Å². The van der Waals surface area contributed by atoms with Gasteiger partial charge in [-0.3, -0.25) is 0 Å². The molecular weight excluding hydrogens is 248 g/mol. The Bertz CT molecular complexity index is 403. The van der Waals surface area contributed by atoms with Gasteiger partial charge in [-0.05, 0) is 26.8 Å². The van der Waals surface area contributed by atoms with Gasteiger partial charge < -0.3 is 10.2 Å². The molecule has 1 N–H and O–H groups in total. The van der Waals surface area contributed by atoms with Gasteiger partial charge in [0.05, 0.1) is 17.6 Å². The summed E-state index contributed by atoms with van der Waals surface area (Å²) in [6, 6.07) is 0.508. The van der Waals surface area contributed by atoms with Gasteiger partial charge in [0.25, 0.3) is 0 Å². The largest absolute Gasteiger partial charge is 0.366 e. The zero-order valence-corrected chi connectivity index (χ0v) is 13.9. The van der Waals surface area contributed by atoms with Crippen molar-refractivity contribution in [3.8, 4) is 0 Å². The third-order valence-corrected chi connectivity index (χ3v) is 3.70. The average Bonchev–Trinajstić information content (AvgIpc) is 2.46. The third-order valence-electron chi connectivity index (χ3n) is 3.70. The Morgan fingerprint density at radius 3 is 2.40 bits per heavy atom. The zero-order chi connectivity index (χ0) is 15.1. The Balaban J connectivity index is 3.14. The van der Waals surface area contributed by atoms with Crippen LogP contribution >= 0.6 is 0 Å². The number of aromatic nitrogens is 2. The molecule has 0 saturated carbocycles. The second-order valence-corrected chi connectivity index (χ2v) is 5.54. The van der Waals surface area contributed by atoms with E-state index in [0.717, 1.165) is 37.6 Å². The van der Waals surface area contributed by atoms with Gasteiger partial charge >= 0.3 is 0 Å². The molecule has 1 aromatic rings. The molecule has 0 aliphatic rings. The molecule has 0 fully saturated rings. The molecule has 20 heavy (non-hydrogen) atoms. The quantitative estimate of drug-likeness (QED) is 0.792. The molecule has 4 heteroatoms. The van der Waals surface area contributed by atoms with Gasteiger partial charge in [-0.25, -0.2) is 9.97 Å². The molecule has 1 aromatic heterocycles. The Morgan fingerprint density at radius 2 is 1.90 bits per heavy atom. The molecule has 0 spiro atoms. The summed E-state index contributed by atoms with van der Waals surface area (Å²) >= 11 is 0. The van der Waals surface area contributed by atoms with Gasteiger partial charge in [-0.15, -0.1) is 0 Å².